The molecule has 0 unspecified atom stereocenters. The molecule has 0 heterocycles. The lowest BCUT2D eigenvalue weighted by Crippen LogP contribution is -2.41. The molecule has 7 heteroatoms. The van der Waals surface area contributed by atoms with Crippen molar-refractivity contribution in [3.63, 3.8) is 0 Å². The number of carbonyl (C=O) groups excluding carboxylic acids is 3. The van der Waals surface area contributed by atoms with Crippen LogP contribution in [0.4, 0.5) is 0 Å². The summed E-state index contributed by atoms with van der Waals surface area (Å²) in [6.45, 7) is 1.97. The molecule has 0 radical (unpaired) electrons. The van der Waals surface area contributed by atoms with E-state index in [9.17, 15) is 14.4 Å². The molecule has 1 aromatic rings. The molecular formula is C13H15BrN2O4. The second kappa shape index (κ2) is 8.31. The van der Waals surface area contributed by atoms with Crippen LogP contribution >= 0.6 is 15.9 Å². The largest absolute Gasteiger partial charge is 0.466 e. The number of ether oxygens (including phenoxy) is 1. The number of hydrogen-bond donors (Lipinski definition) is 2. The van der Waals surface area contributed by atoms with E-state index in [2.05, 4.69) is 26.8 Å². The first-order valence-corrected chi connectivity index (χ1v) is 6.83. The molecule has 0 aliphatic rings. The fourth-order valence-electron chi connectivity index (χ4n) is 1.35. The third-order valence-corrected chi connectivity index (χ3v) is 2.99. The molecule has 6 nitrogen and oxygen atoms in total. The molecule has 0 aliphatic carbocycles. The van der Waals surface area contributed by atoms with Crippen LogP contribution in [0.25, 0.3) is 0 Å². The lowest BCUT2D eigenvalue weighted by molar-refractivity contribution is -0.144. The van der Waals surface area contributed by atoms with E-state index in [1.54, 1.807) is 31.2 Å². The van der Waals surface area contributed by atoms with Crippen molar-refractivity contribution < 1.29 is 19.1 Å². The molecular weight excluding hydrogens is 328 g/mol. The van der Waals surface area contributed by atoms with Crippen molar-refractivity contribution in [1.82, 2.24) is 10.9 Å². The molecule has 1 aromatic carbocycles. The highest BCUT2D eigenvalue weighted by atomic mass is 79.9. The summed E-state index contributed by atoms with van der Waals surface area (Å²) in [5.74, 6) is -1.35. The van der Waals surface area contributed by atoms with Crippen LogP contribution in [0, 0.1) is 0 Å². The second-order valence-corrected chi connectivity index (χ2v) is 4.64. The van der Waals surface area contributed by atoms with Gasteiger partial charge in [0, 0.05) is 10.9 Å². The molecule has 0 atom stereocenters. The van der Waals surface area contributed by atoms with E-state index in [4.69, 9.17) is 4.74 Å². The van der Waals surface area contributed by atoms with Gasteiger partial charge in [-0.25, -0.2) is 0 Å². The first-order chi connectivity index (χ1) is 9.54. The Balaban J connectivity index is 2.36. The second-order valence-electron chi connectivity index (χ2n) is 3.79. The van der Waals surface area contributed by atoms with Gasteiger partial charge in [0.15, 0.2) is 0 Å². The number of nitrogens with one attached hydrogen (secondary N) is 2. The average Bonchev–Trinajstić information content (AvgIpc) is 2.43. The van der Waals surface area contributed by atoms with Crippen LogP contribution in [0.2, 0.25) is 0 Å². The lowest BCUT2D eigenvalue weighted by Gasteiger charge is -2.08. The minimum atomic E-state index is -0.460. The molecule has 0 spiro atoms. The molecule has 0 saturated carbocycles. The smallest absolute Gasteiger partial charge is 0.306 e. The number of rotatable bonds is 5. The Morgan fingerprint density at radius 3 is 2.50 bits per heavy atom. The number of amides is 2. The Morgan fingerprint density at radius 2 is 1.85 bits per heavy atom. The number of halogens is 1. The molecule has 0 aliphatic heterocycles. The standard InChI is InChI=1S/C13H15BrN2O4/c1-2-20-12(18)8-7-11(17)15-16-13(19)9-5-3-4-6-10(9)14/h3-6H,2,7-8H2,1H3,(H,15,17)(H,16,19). The number of esters is 1. The Labute approximate surface area is 125 Å². The number of hydrogen-bond acceptors (Lipinski definition) is 4. The summed E-state index contributed by atoms with van der Waals surface area (Å²) in [7, 11) is 0. The van der Waals surface area contributed by atoms with E-state index in [1.807, 2.05) is 0 Å². The minimum absolute atomic E-state index is 0.0232. The predicted molar refractivity (Wildman–Crippen MR) is 75.6 cm³/mol. The van der Waals surface area contributed by atoms with Crippen molar-refractivity contribution in [3.05, 3.63) is 34.3 Å². The molecule has 0 bridgehead atoms. The Morgan fingerprint density at radius 1 is 1.15 bits per heavy atom. The molecule has 0 saturated heterocycles. The van der Waals surface area contributed by atoms with Gasteiger partial charge in [0.1, 0.15) is 0 Å². The van der Waals surface area contributed by atoms with E-state index < -0.39 is 17.8 Å². The quantitative estimate of drug-likeness (QED) is 0.628. The van der Waals surface area contributed by atoms with Gasteiger partial charge in [-0.1, -0.05) is 12.1 Å². The zero-order chi connectivity index (χ0) is 15.0. The van der Waals surface area contributed by atoms with Gasteiger partial charge >= 0.3 is 5.97 Å². The minimum Gasteiger partial charge on any atom is -0.466 e. The summed E-state index contributed by atoms with van der Waals surface area (Å²) in [5, 5.41) is 0. The lowest BCUT2D eigenvalue weighted by atomic mass is 10.2. The normalized spacial score (nSPS) is 9.70. The Kier molecular flexibility index (Phi) is 6.72. The molecule has 2 amide bonds. The summed E-state index contributed by atoms with van der Waals surface area (Å²) < 4.78 is 5.31. The van der Waals surface area contributed by atoms with Gasteiger partial charge in [0.2, 0.25) is 5.91 Å². The third kappa shape index (κ3) is 5.40. The molecule has 20 heavy (non-hydrogen) atoms. The van der Waals surface area contributed by atoms with E-state index in [0.717, 1.165) is 0 Å². The van der Waals surface area contributed by atoms with E-state index in [0.29, 0.717) is 10.0 Å². The summed E-state index contributed by atoms with van der Waals surface area (Å²) in [5.41, 5.74) is 4.91. The van der Waals surface area contributed by atoms with Crippen LogP contribution in [0.5, 0.6) is 0 Å². The van der Waals surface area contributed by atoms with Crippen molar-refractivity contribution in [3.8, 4) is 0 Å². The SMILES string of the molecule is CCOC(=O)CCC(=O)NNC(=O)c1ccccc1Br. The van der Waals surface area contributed by atoms with E-state index >= 15 is 0 Å². The van der Waals surface area contributed by atoms with Crippen molar-refractivity contribution in [2.45, 2.75) is 19.8 Å². The molecule has 1 rings (SSSR count). The van der Waals surface area contributed by atoms with Crippen molar-refractivity contribution >= 4 is 33.7 Å². The maximum atomic E-state index is 11.8. The predicted octanol–water partition coefficient (Wildman–Crippen LogP) is 1.55. The Bertz CT molecular complexity index is 505. The van der Waals surface area contributed by atoms with Crippen LogP contribution in [-0.4, -0.2) is 24.4 Å². The van der Waals surface area contributed by atoms with Gasteiger partial charge in [0.05, 0.1) is 18.6 Å². The van der Waals surface area contributed by atoms with E-state index in [1.165, 1.54) is 0 Å². The highest BCUT2D eigenvalue weighted by Crippen LogP contribution is 2.15. The zero-order valence-corrected chi connectivity index (χ0v) is 12.5. The first kappa shape index (κ1) is 16.2. The number of carbonyl (C=O) groups is 3. The first-order valence-electron chi connectivity index (χ1n) is 6.04. The summed E-state index contributed by atoms with van der Waals surface area (Å²) in [6.07, 6.45) is -0.0698. The van der Waals surface area contributed by atoms with Gasteiger partial charge in [-0.15, -0.1) is 0 Å². The van der Waals surface area contributed by atoms with Crippen LogP contribution in [0.1, 0.15) is 30.1 Å². The van der Waals surface area contributed by atoms with Gasteiger partial charge in [0.25, 0.3) is 5.91 Å². The fourth-order valence-corrected chi connectivity index (χ4v) is 1.82. The average molecular weight is 343 g/mol. The van der Waals surface area contributed by atoms with Crippen molar-refractivity contribution in [2.75, 3.05) is 6.61 Å². The van der Waals surface area contributed by atoms with Crippen molar-refractivity contribution in [2.24, 2.45) is 0 Å². The van der Waals surface area contributed by atoms with Crippen LogP contribution in [0.3, 0.4) is 0 Å². The monoisotopic (exact) mass is 342 g/mol. The van der Waals surface area contributed by atoms with E-state index in [-0.39, 0.29) is 19.4 Å². The number of hydrazine groups is 1. The fraction of sp³-hybridized carbons (Fsp3) is 0.308. The maximum absolute atomic E-state index is 11.8. The van der Waals surface area contributed by atoms with Gasteiger partial charge < -0.3 is 4.74 Å². The highest BCUT2D eigenvalue weighted by molar-refractivity contribution is 9.10. The van der Waals surface area contributed by atoms with Gasteiger partial charge in [-0.2, -0.15) is 0 Å². The zero-order valence-electron chi connectivity index (χ0n) is 10.9. The van der Waals surface area contributed by atoms with Gasteiger partial charge in [-0.05, 0) is 35.0 Å². The van der Waals surface area contributed by atoms with Crippen LogP contribution < -0.4 is 10.9 Å². The number of benzene rings is 1. The molecule has 108 valence electrons. The summed E-state index contributed by atoms with van der Waals surface area (Å²) in [4.78, 5) is 34.2. The third-order valence-electron chi connectivity index (χ3n) is 2.30. The van der Waals surface area contributed by atoms with Gasteiger partial charge in [-0.3, -0.25) is 25.2 Å². The molecule has 0 fully saturated rings. The summed E-state index contributed by atoms with van der Waals surface area (Å²) >= 11 is 3.24. The van der Waals surface area contributed by atoms with Crippen LogP contribution in [0.15, 0.2) is 28.7 Å². The topological polar surface area (TPSA) is 84.5 Å². The van der Waals surface area contributed by atoms with Crippen molar-refractivity contribution in [1.29, 1.82) is 0 Å². The molecule has 0 aromatic heterocycles. The maximum Gasteiger partial charge on any atom is 0.306 e. The highest BCUT2D eigenvalue weighted by Gasteiger charge is 2.11. The Hall–Kier alpha value is -1.89. The summed E-state index contributed by atoms with van der Waals surface area (Å²) in [6, 6.07) is 6.82. The molecule has 2 N–H and O–H groups in total. The van der Waals surface area contributed by atoms with Crippen LogP contribution in [-0.2, 0) is 14.3 Å².